The van der Waals surface area contributed by atoms with E-state index < -0.39 is 27.9 Å². The molecule has 1 heterocycles. The molecule has 0 saturated carbocycles. The quantitative estimate of drug-likeness (QED) is 0.725. The fraction of sp³-hybridized carbons (Fsp3) is 0.556. The lowest BCUT2D eigenvalue weighted by molar-refractivity contribution is -0.137. The molecule has 150 valence electrons. The molecule has 2 N–H and O–H groups in total. The highest BCUT2D eigenvalue weighted by Gasteiger charge is 2.27. The highest BCUT2D eigenvalue weighted by molar-refractivity contribution is 7.89. The van der Waals surface area contributed by atoms with Crippen LogP contribution in [-0.4, -0.2) is 55.9 Å². The number of rotatable bonds is 7. The monoisotopic (exact) mass is 398 g/mol. The number of nitrogens with zero attached hydrogens (tertiary/aromatic N) is 1. The van der Waals surface area contributed by atoms with Gasteiger partial charge in [-0.05, 0) is 38.0 Å². The summed E-state index contributed by atoms with van der Waals surface area (Å²) in [7, 11) is -2.33. The first-order valence-corrected chi connectivity index (χ1v) is 10.4. The van der Waals surface area contributed by atoms with Gasteiger partial charge in [0, 0.05) is 19.1 Å². The van der Waals surface area contributed by atoms with E-state index in [0.717, 1.165) is 25.7 Å². The van der Waals surface area contributed by atoms with Crippen molar-refractivity contribution >= 4 is 21.9 Å². The van der Waals surface area contributed by atoms with Crippen molar-refractivity contribution in [3.05, 3.63) is 23.8 Å². The Kier molecular flexibility index (Phi) is 7.20. The predicted molar refractivity (Wildman–Crippen MR) is 99.4 cm³/mol. The minimum atomic E-state index is -3.71. The third-order valence-electron chi connectivity index (χ3n) is 4.48. The number of methoxy groups -OCH3 is 1. The number of hydrogen-bond acceptors (Lipinski definition) is 5. The zero-order valence-electron chi connectivity index (χ0n) is 15.6. The van der Waals surface area contributed by atoms with Gasteiger partial charge in [0.1, 0.15) is 5.75 Å². The van der Waals surface area contributed by atoms with E-state index in [1.807, 2.05) is 0 Å². The molecular formula is C18H26N2O6S. The van der Waals surface area contributed by atoms with Crippen molar-refractivity contribution in [3.63, 3.8) is 0 Å². The van der Waals surface area contributed by atoms with Gasteiger partial charge in [-0.3, -0.25) is 9.59 Å². The van der Waals surface area contributed by atoms with Crippen molar-refractivity contribution < 1.29 is 27.9 Å². The van der Waals surface area contributed by atoms with E-state index in [-0.39, 0.29) is 22.6 Å². The van der Waals surface area contributed by atoms with Crippen LogP contribution in [-0.2, 0) is 14.8 Å². The van der Waals surface area contributed by atoms with Gasteiger partial charge in [-0.2, -0.15) is 4.31 Å². The Morgan fingerprint density at radius 2 is 1.85 bits per heavy atom. The molecular weight excluding hydrogens is 372 g/mol. The average Bonchev–Trinajstić information content (AvgIpc) is 2.90. The van der Waals surface area contributed by atoms with Gasteiger partial charge < -0.3 is 15.2 Å². The van der Waals surface area contributed by atoms with E-state index >= 15 is 0 Å². The molecule has 0 bridgehead atoms. The largest absolute Gasteiger partial charge is 0.496 e. The predicted octanol–water partition coefficient (Wildman–Crippen LogP) is 1.85. The molecule has 0 radical (unpaired) electrons. The van der Waals surface area contributed by atoms with Crippen LogP contribution >= 0.6 is 0 Å². The zero-order chi connectivity index (χ0) is 20.0. The van der Waals surface area contributed by atoms with Crippen molar-refractivity contribution in [2.24, 2.45) is 0 Å². The summed E-state index contributed by atoms with van der Waals surface area (Å²) in [5.41, 5.74) is 0.0608. The lowest BCUT2D eigenvalue weighted by Crippen LogP contribution is -2.35. The lowest BCUT2D eigenvalue weighted by atomic mass is 10.1. The van der Waals surface area contributed by atoms with Gasteiger partial charge in [-0.1, -0.05) is 12.8 Å². The summed E-state index contributed by atoms with van der Waals surface area (Å²) in [5, 5.41) is 11.4. The number of hydrogen-bond donors (Lipinski definition) is 2. The molecule has 1 atom stereocenters. The van der Waals surface area contributed by atoms with Gasteiger partial charge >= 0.3 is 5.97 Å². The van der Waals surface area contributed by atoms with Crippen molar-refractivity contribution in [3.8, 4) is 5.75 Å². The third kappa shape index (κ3) is 5.43. The second-order valence-corrected chi connectivity index (χ2v) is 8.59. The van der Waals surface area contributed by atoms with Gasteiger partial charge in [0.15, 0.2) is 0 Å². The summed E-state index contributed by atoms with van der Waals surface area (Å²) in [5.74, 6) is -1.38. The van der Waals surface area contributed by atoms with Crippen LogP contribution in [0.3, 0.4) is 0 Å². The topological polar surface area (TPSA) is 113 Å². The molecule has 1 saturated heterocycles. The van der Waals surface area contributed by atoms with Crippen LogP contribution in [0.4, 0.5) is 0 Å². The molecule has 27 heavy (non-hydrogen) atoms. The summed E-state index contributed by atoms with van der Waals surface area (Å²) < 4.78 is 32.5. The van der Waals surface area contributed by atoms with Crippen LogP contribution in [0.5, 0.6) is 5.75 Å². The normalized spacial score (nSPS) is 17.0. The molecule has 1 fully saturated rings. The molecule has 9 heteroatoms. The fourth-order valence-electron chi connectivity index (χ4n) is 3.07. The highest BCUT2D eigenvalue weighted by Crippen LogP contribution is 2.26. The maximum atomic E-state index is 13.0. The molecule has 2 rings (SSSR count). The Labute approximate surface area is 159 Å². The first-order valence-electron chi connectivity index (χ1n) is 8.96. The number of amides is 1. The molecule has 1 aliphatic heterocycles. The maximum absolute atomic E-state index is 13.0. The van der Waals surface area contributed by atoms with Crippen LogP contribution in [0, 0.1) is 0 Å². The summed E-state index contributed by atoms with van der Waals surface area (Å²) >= 11 is 0. The summed E-state index contributed by atoms with van der Waals surface area (Å²) in [4.78, 5) is 23.3. The number of carbonyl (C=O) groups is 2. The Balaban J connectivity index is 2.30. The fourth-order valence-corrected chi connectivity index (χ4v) is 4.61. The second-order valence-electron chi connectivity index (χ2n) is 6.65. The van der Waals surface area contributed by atoms with Gasteiger partial charge in [0.25, 0.3) is 5.91 Å². The Hall–Kier alpha value is -2.13. The molecule has 1 aromatic rings. The number of nitrogens with one attached hydrogen (secondary N) is 1. The molecule has 0 spiro atoms. The number of carboxylic acids is 1. The van der Waals surface area contributed by atoms with Crippen LogP contribution in [0.25, 0.3) is 0 Å². The molecule has 1 aliphatic rings. The van der Waals surface area contributed by atoms with E-state index in [1.165, 1.54) is 29.6 Å². The molecule has 0 aliphatic carbocycles. The molecule has 8 nitrogen and oxygen atoms in total. The van der Waals surface area contributed by atoms with Crippen molar-refractivity contribution in [2.45, 2.75) is 50.0 Å². The standard InChI is InChI=1S/C18H26N2O6S/c1-13(11-17(21)22)19-18(23)15-12-14(7-8-16(15)26-2)27(24,25)20-9-5-3-4-6-10-20/h7-8,12-13H,3-6,9-11H2,1-2H3,(H,19,23)(H,21,22). The van der Waals surface area contributed by atoms with Crippen LogP contribution in [0.2, 0.25) is 0 Å². The Morgan fingerprint density at radius 3 is 2.41 bits per heavy atom. The Bertz CT molecular complexity index is 785. The third-order valence-corrected chi connectivity index (χ3v) is 6.37. The average molecular weight is 398 g/mol. The van der Waals surface area contributed by atoms with E-state index in [4.69, 9.17) is 9.84 Å². The molecule has 1 aromatic carbocycles. The first-order chi connectivity index (χ1) is 12.8. The van der Waals surface area contributed by atoms with Gasteiger partial charge in [0.05, 0.1) is 24.0 Å². The second kappa shape index (κ2) is 9.18. The van der Waals surface area contributed by atoms with Crippen LogP contribution < -0.4 is 10.1 Å². The van der Waals surface area contributed by atoms with Gasteiger partial charge in [-0.15, -0.1) is 0 Å². The number of ether oxygens (including phenoxy) is 1. The molecule has 0 aromatic heterocycles. The minimum Gasteiger partial charge on any atom is -0.496 e. The molecule has 1 amide bonds. The van der Waals surface area contributed by atoms with Crippen molar-refractivity contribution in [1.82, 2.24) is 9.62 Å². The Morgan fingerprint density at radius 1 is 1.22 bits per heavy atom. The summed E-state index contributed by atoms with van der Waals surface area (Å²) in [6, 6.07) is 3.56. The zero-order valence-corrected chi connectivity index (χ0v) is 16.4. The van der Waals surface area contributed by atoms with E-state index in [9.17, 15) is 18.0 Å². The smallest absolute Gasteiger partial charge is 0.305 e. The van der Waals surface area contributed by atoms with E-state index in [0.29, 0.717) is 13.1 Å². The number of aliphatic carboxylic acids is 1. The first kappa shape index (κ1) is 21.2. The van der Waals surface area contributed by atoms with Gasteiger partial charge in [0.2, 0.25) is 10.0 Å². The highest BCUT2D eigenvalue weighted by atomic mass is 32.2. The van der Waals surface area contributed by atoms with Crippen LogP contribution in [0.15, 0.2) is 23.1 Å². The molecule has 1 unspecified atom stereocenters. The van der Waals surface area contributed by atoms with E-state index in [2.05, 4.69) is 5.32 Å². The van der Waals surface area contributed by atoms with Crippen molar-refractivity contribution in [1.29, 1.82) is 0 Å². The minimum absolute atomic E-state index is 0.0289. The number of sulfonamides is 1. The number of benzene rings is 1. The SMILES string of the molecule is COc1ccc(S(=O)(=O)N2CCCCCC2)cc1C(=O)NC(C)CC(=O)O. The van der Waals surface area contributed by atoms with Crippen molar-refractivity contribution in [2.75, 3.05) is 20.2 Å². The number of carboxylic acid groups (broad SMARTS) is 1. The number of carbonyl (C=O) groups excluding carboxylic acids is 1. The summed E-state index contributed by atoms with van der Waals surface area (Å²) in [6.07, 6.45) is 3.40. The van der Waals surface area contributed by atoms with Crippen LogP contribution in [0.1, 0.15) is 49.4 Å². The summed E-state index contributed by atoms with van der Waals surface area (Å²) in [6.45, 7) is 2.49. The maximum Gasteiger partial charge on any atom is 0.305 e. The lowest BCUT2D eigenvalue weighted by Gasteiger charge is -2.21. The van der Waals surface area contributed by atoms with E-state index in [1.54, 1.807) is 6.92 Å². The van der Waals surface area contributed by atoms with Gasteiger partial charge in [-0.25, -0.2) is 8.42 Å².